The Morgan fingerprint density at radius 2 is 1.39 bits per heavy atom. The summed E-state index contributed by atoms with van der Waals surface area (Å²) in [6, 6.07) is 25.0. The molecular weight excluding hydrogens is 378 g/mol. The number of fused-ring (bicyclic) bond motifs is 3. The molecule has 150 valence electrons. The quantitative estimate of drug-likeness (QED) is 0.357. The molecule has 31 heavy (non-hydrogen) atoms. The maximum Gasteiger partial charge on any atom is 0.164 e. The molecule has 0 saturated carbocycles. The van der Waals surface area contributed by atoms with Crippen molar-refractivity contribution in [3.8, 4) is 33.9 Å². The molecule has 1 aliphatic carbocycles. The summed E-state index contributed by atoms with van der Waals surface area (Å²) in [5.74, 6) is 1.82. The van der Waals surface area contributed by atoms with Crippen molar-refractivity contribution in [3.05, 3.63) is 109 Å². The van der Waals surface area contributed by atoms with Crippen molar-refractivity contribution in [2.24, 2.45) is 0 Å². The largest absolute Gasteiger partial charge is 0.208 e. The molecule has 1 heterocycles. The Morgan fingerprint density at radius 3 is 2.16 bits per heavy atom. The van der Waals surface area contributed by atoms with E-state index in [0.29, 0.717) is 23.0 Å². The normalized spacial score (nSPS) is 13.4. The predicted molar refractivity (Wildman–Crippen MR) is 127 cm³/mol. The van der Waals surface area contributed by atoms with E-state index in [1.54, 1.807) is 6.08 Å². The summed E-state index contributed by atoms with van der Waals surface area (Å²) in [5.41, 5.74) is 7.60. The van der Waals surface area contributed by atoms with Crippen LogP contribution in [0.1, 0.15) is 30.8 Å². The van der Waals surface area contributed by atoms with Crippen molar-refractivity contribution >= 4 is 5.57 Å². The number of hydrogen-bond donors (Lipinski definition) is 0. The van der Waals surface area contributed by atoms with Gasteiger partial charge >= 0.3 is 0 Å². The lowest BCUT2D eigenvalue weighted by atomic mass is 9.82. The summed E-state index contributed by atoms with van der Waals surface area (Å²) in [6.07, 6.45) is 1.68. The zero-order valence-corrected chi connectivity index (χ0v) is 17.8. The van der Waals surface area contributed by atoms with Gasteiger partial charge in [0.1, 0.15) is 0 Å². The number of nitrogens with zero attached hydrogens (tertiary/aromatic N) is 3. The highest BCUT2D eigenvalue weighted by molar-refractivity contribution is 5.91. The molecule has 3 heteroatoms. The van der Waals surface area contributed by atoms with Crippen LogP contribution in [0.3, 0.4) is 0 Å². The summed E-state index contributed by atoms with van der Waals surface area (Å²) in [6.45, 7) is 12.5. The highest BCUT2D eigenvalue weighted by Crippen LogP contribution is 2.51. The molecule has 0 saturated heterocycles. The Balaban J connectivity index is 1.80. The molecule has 0 atom stereocenters. The van der Waals surface area contributed by atoms with Crippen LogP contribution in [0.15, 0.2) is 92.0 Å². The number of benzene rings is 3. The fraction of sp³-hybridized carbons (Fsp3) is 0.107. The third-order valence-corrected chi connectivity index (χ3v) is 6.05. The minimum Gasteiger partial charge on any atom is -0.208 e. The second kappa shape index (κ2) is 7.13. The van der Waals surface area contributed by atoms with E-state index in [-0.39, 0.29) is 5.41 Å². The first-order valence-corrected chi connectivity index (χ1v) is 10.4. The first-order chi connectivity index (χ1) is 15.0. The summed E-state index contributed by atoms with van der Waals surface area (Å²) >= 11 is 0. The average molecular weight is 402 g/mol. The number of hydrogen-bond acceptors (Lipinski definition) is 3. The van der Waals surface area contributed by atoms with Crippen LogP contribution in [0.25, 0.3) is 39.5 Å². The third-order valence-electron chi connectivity index (χ3n) is 6.05. The first-order valence-electron chi connectivity index (χ1n) is 10.4. The van der Waals surface area contributed by atoms with Crippen molar-refractivity contribution in [2.75, 3.05) is 0 Å². The fourth-order valence-electron chi connectivity index (χ4n) is 4.39. The molecule has 0 aliphatic heterocycles. The van der Waals surface area contributed by atoms with Crippen LogP contribution in [0, 0.1) is 0 Å². The van der Waals surface area contributed by atoms with Gasteiger partial charge in [0.15, 0.2) is 17.5 Å². The molecule has 4 aromatic rings. The highest BCUT2D eigenvalue weighted by atomic mass is 15.0. The lowest BCUT2D eigenvalue weighted by Crippen LogP contribution is -2.14. The SMILES string of the molecule is C=CC(=C)c1nc(-c2ccccc2)nc(-c2cccc3c2-c2ccccc2C3(C)C)n1. The van der Waals surface area contributed by atoms with E-state index in [4.69, 9.17) is 9.97 Å². The molecule has 0 spiro atoms. The van der Waals surface area contributed by atoms with Gasteiger partial charge in [0.25, 0.3) is 0 Å². The van der Waals surface area contributed by atoms with Crippen LogP contribution in [-0.4, -0.2) is 15.0 Å². The summed E-state index contributed by atoms with van der Waals surface area (Å²) < 4.78 is 0. The van der Waals surface area contributed by atoms with E-state index in [9.17, 15) is 0 Å². The molecule has 0 bridgehead atoms. The number of allylic oxidation sites excluding steroid dienone is 2. The van der Waals surface area contributed by atoms with E-state index in [1.807, 2.05) is 30.3 Å². The summed E-state index contributed by atoms with van der Waals surface area (Å²) in [5, 5.41) is 0. The van der Waals surface area contributed by atoms with Crippen molar-refractivity contribution in [1.82, 2.24) is 15.0 Å². The Morgan fingerprint density at radius 1 is 0.742 bits per heavy atom. The molecule has 0 unspecified atom stereocenters. The third kappa shape index (κ3) is 3.01. The zero-order valence-electron chi connectivity index (χ0n) is 17.8. The monoisotopic (exact) mass is 401 g/mol. The number of aromatic nitrogens is 3. The Kier molecular flexibility index (Phi) is 4.40. The minimum absolute atomic E-state index is 0.0786. The van der Waals surface area contributed by atoms with Gasteiger partial charge in [-0.05, 0) is 22.3 Å². The molecule has 1 aliphatic rings. The Labute approximate surface area is 182 Å². The topological polar surface area (TPSA) is 38.7 Å². The molecule has 5 rings (SSSR count). The Bertz CT molecular complexity index is 1330. The van der Waals surface area contributed by atoms with Gasteiger partial charge in [-0.3, -0.25) is 0 Å². The molecule has 1 aromatic heterocycles. The molecule has 0 fully saturated rings. The van der Waals surface area contributed by atoms with Gasteiger partial charge in [-0.1, -0.05) is 106 Å². The molecule has 3 nitrogen and oxygen atoms in total. The second-order valence-corrected chi connectivity index (χ2v) is 8.30. The smallest absolute Gasteiger partial charge is 0.164 e. The fourth-order valence-corrected chi connectivity index (χ4v) is 4.39. The van der Waals surface area contributed by atoms with Crippen molar-refractivity contribution in [1.29, 1.82) is 0 Å². The first kappa shape index (κ1) is 19.1. The van der Waals surface area contributed by atoms with Gasteiger partial charge in [-0.25, -0.2) is 15.0 Å². The second-order valence-electron chi connectivity index (χ2n) is 8.30. The lowest BCUT2D eigenvalue weighted by molar-refractivity contribution is 0.660. The van der Waals surface area contributed by atoms with Gasteiger partial charge in [0.05, 0.1) is 0 Å². The van der Waals surface area contributed by atoms with Crippen LogP contribution < -0.4 is 0 Å². The van der Waals surface area contributed by atoms with E-state index in [0.717, 1.165) is 11.1 Å². The van der Waals surface area contributed by atoms with Crippen LogP contribution in [0.5, 0.6) is 0 Å². The van der Waals surface area contributed by atoms with Crippen LogP contribution in [0.4, 0.5) is 0 Å². The van der Waals surface area contributed by atoms with E-state index in [1.165, 1.54) is 22.3 Å². The van der Waals surface area contributed by atoms with E-state index in [2.05, 4.69) is 74.5 Å². The van der Waals surface area contributed by atoms with Gasteiger partial charge in [-0.2, -0.15) is 0 Å². The molecule has 3 aromatic carbocycles. The summed E-state index contributed by atoms with van der Waals surface area (Å²) in [7, 11) is 0. The van der Waals surface area contributed by atoms with Crippen LogP contribution in [-0.2, 0) is 5.41 Å². The summed E-state index contributed by atoms with van der Waals surface area (Å²) in [4.78, 5) is 14.4. The van der Waals surface area contributed by atoms with Crippen LogP contribution in [0.2, 0.25) is 0 Å². The van der Waals surface area contributed by atoms with Gasteiger partial charge in [-0.15, -0.1) is 0 Å². The number of rotatable bonds is 4. The van der Waals surface area contributed by atoms with Crippen molar-refractivity contribution in [2.45, 2.75) is 19.3 Å². The van der Waals surface area contributed by atoms with Crippen molar-refractivity contribution < 1.29 is 0 Å². The molecule has 0 N–H and O–H groups in total. The maximum atomic E-state index is 4.89. The lowest BCUT2D eigenvalue weighted by Gasteiger charge is -2.21. The standard InChI is InChI=1S/C28H23N3/c1-5-18(2)25-29-26(19-12-7-6-8-13-19)31-27(30-25)21-15-11-17-23-24(21)20-14-9-10-16-22(20)28(23,3)4/h5-17H,1-2H2,3-4H3. The van der Waals surface area contributed by atoms with Gasteiger partial charge in [0, 0.05) is 22.1 Å². The minimum atomic E-state index is -0.0786. The predicted octanol–water partition coefficient (Wildman–Crippen LogP) is 6.71. The van der Waals surface area contributed by atoms with Gasteiger partial charge < -0.3 is 0 Å². The van der Waals surface area contributed by atoms with Crippen LogP contribution >= 0.6 is 0 Å². The Hall–Kier alpha value is -3.85. The van der Waals surface area contributed by atoms with Crippen molar-refractivity contribution in [3.63, 3.8) is 0 Å². The average Bonchev–Trinajstić information content (AvgIpc) is 3.06. The highest BCUT2D eigenvalue weighted by Gasteiger charge is 2.37. The van der Waals surface area contributed by atoms with Gasteiger partial charge in [0.2, 0.25) is 0 Å². The zero-order chi connectivity index (χ0) is 21.6. The molecule has 0 amide bonds. The van der Waals surface area contributed by atoms with E-state index >= 15 is 0 Å². The molecule has 0 radical (unpaired) electrons. The maximum absolute atomic E-state index is 4.89. The van der Waals surface area contributed by atoms with E-state index < -0.39 is 0 Å². The molecular formula is C28H23N3.